The molecule has 0 amide bonds. The van der Waals surface area contributed by atoms with Gasteiger partial charge >= 0.3 is 5.97 Å². The van der Waals surface area contributed by atoms with Crippen LogP contribution >= 0.6 is 0 Å². The molecule has 0 radical (unpaired) electrons. The van der Waals surface area contributed by atoms with E-state index in [1.54, 1.807) is 0 Å². The number of carbonyl (C=O) groups is 1. The first-order valence-electron chi connectivity index (χ1n) is 5.61. The molecule has 0 aromatic carbocycles. The Morgan fingerprint density at radius 2 is 2.00 bits per heavy atom. The number of hydrogen-bond acceptors (Lipinski definition) is 1. The van der Waals surface area contributed by atoms with Crippen LogP contribution in [0.2, 0.25) is 0 Å². The second-order valence-electron chi connectivity index (χ2n) is 5.46. The number of rotatable bonds is 2. The first-order valence-corrected chi connectivity index (χ1v) is 5.61. The van der Waals surface area contributed by atoms with Gasteiger partial charge in [0, 0.05) is 0 Å². The van der Waals surface area contributed by atoms with E-state index in [1.165, 1.54) is 6.42 Å². The monoisotopic (exact) mass is 198 g/mol. The summed E-state index contributed by atoms with van der Waals surface area (Å²) >= 11 is 0. The van der Waals surface area contributed by atoms with Crippen molar-refractivity contribution in [3.05, 3.63) is 0 Å². The molecular formula is C12H22O2. The maximum atomic E-state index is 11.3. The van der Waals surface area contributed by atoms with Gasteiger partial charge in [0.25, 0.3) is 0 Å². The van der Waals surface area contributed by atoms with Crippen molar-refractivity contribution in [3.63, 3.8) is 0 Å². The molecule has 2 heteroatoms. The quantitative estimate of drug-likeness (QED) is 0.740. The summed E-state index contributed by atoms with van der Waals surface area (Å²) in [5, 5.41) is 9.33. The van der Waals surface area contributed by atoms with Crippen molar-refractivity contribution in [1.82, 2.24) is 0 Å². The predicted molar refractivity (Wildman–Crippen MR) is 57.1 cm³/mol. The normalized spacial score (nSPS) is 38.6. The van der Waals surface area contributed by atoms with E-state index in [-0.39, 0.29) is 0 Å². The molecular weight excluding hydrogens is 176 g/mol. The lowest BCUT2D eigenvalue weighted by atomic mass is 9.61. The van der Waals surface area contributed by atoms with Crippen LogP contribution in [0.3, 0.4) is 0 Å². The van der Waals surface area contributed by atoms with Crippen LogP contribution in [-0.2, 0) is 4.79 Å². The highest BCUT2D eigenvalue weighted by molar-refractivity contribution is 5.74. The molecule has 0 aliphatic heterocycles. The number of carboxylic acid groups (broad SMARTS) is 1. The van der Waals surface area contributed by atoms with Crippen molar-refractivity contribution in [3.8, 4) is 0 Å². The van der Waals surface area contributed by atoms with Crippen molar-refractivity contribution in [2.75, 3.05) is 0 Å². The van der Waals surface area contributed by atoms with Crippen molar-refractivity contribution in [2.45, 2.75) is 47.0 Å². The number of carboxylic acids is 1. The Hall–Kier alpha value is -0.530. The van der Waals surface area contributed by atoms with Gasteiger partial charge in [-0.1, -0.05) is 27.2 Å². The number of hydrogen-bond donors (Lipinski definition) is 1. The summed E-state index contributed by atoms with van der Waals surface area (Å²) in [6.07, 6.45) is 3.10. The van der Waals surface area contributed by atoms with Crippen molar-refractivity contribution in [2.24, 2.45) is 23.2 Å². The third kappa shape index (κ3) is 1.94. The Kier molecular flexibility index (Phi) is 3.23. The zero-order valence-electron chi connectivity index (χ0n) is 9.71. The zero-order chi connectivity index (χ0) is 10.9. The summed E-state index contributed by atoms with van der Waals surface area (Å²) in [5.41, 5.74) is -0.494. The highest BCUT2D eigenvalue weighted by atomic mass is 16.4. The van der Waals surface area contributed by atoms with E-state index in [0.717, 1.165) is 12.8 Å². The van der Waals surface area contributed by atoms with Crippen molar-refractivity contribution < 1.29 is 9.90 Å². The van der Waals surface area contributed by atoms with Gasteiger partial charge in [-0.3, -0.25) is 4.79 Å². The van der Waals surface area contributed by atoms with Gasteiger partial charge in [0.15, 0.2) is 0 Å². The lowest BCUT2D eigenvalue weighted by Crippen LogP contribution is -2.43. The topological polar surface area (TPSA) is 37.3 Å². The van der Waals surface area contributed by atoms with Gasteiger partial charge in [0.2, 0.25) is 0 Å². The van der Waals surface area contributed by atoms with E-state index in [1.807, 2.05) is 6.92 Å². The van der Waals surface area contributed by atoms with Crippen LogP contribution < -0.4 is 0 Å². The summed E-state index contributed by atoms with van der Waals surface area (Å²) in [6.45, 7) is 8.37. The molecule has 1 fully saturated rings. The smallest absolute Gasteiger partial charge is 0.309 e. The van der Waals surface area contributed by atoms with Crippen LogP contribution in [-0.4, -0.2) is 11.1 Å². The molecule has 3 atom stereocenters. The van der Waals surface area contributed by atoms with Crippen molar-refractivity contribution in [1.29, 1.82) is 0 Å². The van der Waals surface area contributed by atoms with Gasteiger partial charge in [0.1, 0.15) is 0 Å². The van der Waals surface area contributed by atoms with Gasteiger partial charge in [-0.15, -0.1) is 0 Å². The van der Waals surface area contributed by atoms with Gasteiger partial charge < -0.3 is 5.11 Å². The molecule has 0 saturated heterocycles. The molecule has 0 heterocycles. The second kappa shape index (κ2) is 3.92. The van der Waals surface area contributed by atoms with E-state index >= 15 is 0 Å². The van der Waals surface area contributed by atoms with E-state index < -0.39 is 11.4 Å². The third-order valence-electron chi connectivity index (χ3n) is 3.85. The lowest BCUT2D eigenvalue weighted by molar-refractivity contribution is -0.156. The molecule has 1 aliphatic carbocycles. The molecule has 3 unspecified atom stereocenters. The molecule has 0 aromatic heterocycles. The highest BCUT2D eigenvalue weighted by Gasteiger charge is 2.46. The average Bonchev–Trinajstić information content (AvgIpc) is 2.02. The Bertz CT molecular complexity index is 222. The minimum Gasteiger partial charge on any atom is -0.481 e. The fourth-order valence-electron chi connectivity index (χ4n) is 3.07. The Labute approximate surface area is 86.7 Å². The van der Waals surface area contributed by atoms with E-state index in [4.69, 9.17) is 0 Å². The fraction of sp³-hybridized carbons (Fsp3) is 0.917. The van der Waals surface area contributed by atoms with Gasteiger partial charge in [0.05, 0.1) is 5.41 Å². The minimum atomic E-state index is -0.609. The predicted octanol–water partition coefficient (Wildman–Crippen LogP) is 3.17. The Morgan fingerprint density at radius 3 is 2.43 bits per heavy atom. The highest BCUT2D eigenvalue weighted by Crippen LogP contribution is 2.46. The summed E-state index contributed by atoms with van der Waals surface area (Å²) in [7, 11) is 0. The average molecular weight is 198 g/mol. The summed E-state index contributed by atoms with van der Waals surface area (Å²) in [6, 6.07) is 0. The molecule has 0 spiro atoms. The summed E-state index contributed by atoms with van der Waals surface area (Å²) < 4.78 is 0. The first kappa shape index (κ1) is 11.5. The maximum absolute atomic E-state index is 11.3. The first-order chi connectivity index (χ1) is 6.38. The van der Waals surface area contributed by atoms with E-state index in [9.17, 15) is 9.90 Å². The largest absolute Gasteiger partial charge is 0.481 e. The summed E-state index contributed by atoms with van der Waals surface area (Å²) in [5.74, 6) is 0.772. The van der Waals surface area contributed by atoms with E-state index in [2.05, 4.69) is 20.8 Å². The number of aliphatic carboxylic acids is 1. The molecule has 2 nitrogen and oxygen atoms in total. The fourth-order valence-corrected chi connectivity index (χ4v) is 3.07. The molecule has 14 heavy (non-hydrogen) atoms. The zero-order valence-corrected chi connectivity index (χ0v) is 9.71. The molecule has 1 rings (SSSR count). The van der Waals surface area contributed by atoms with Crippen LogP contribution in [0.25, 0.3) is 0 Å². The van der Waals surface area contributed by atoms with Crippen LogP contribution in [0, 0.1) is 23.2 Å². The SMILES string of the molecule is CC1CCC(C(C)C)C(C)(C(=O)O)C1. The Morgan fingerprint density at radius 1 is 1.43 bits per heavy atom. The standard InChI is InChI=1S/C12H22O2/c1-8(2)10-6-5-9(3)7-12(10,4)11(13)14/h8-10H,5-7H2,1-4H3,(H,13,14). The minimum absolute atomic E-state index is 0.344. The molecule has 0 bridgehead atoms. The molecule has 1 saturated carbocycles. The van der Waals surface area contributed by atoms with Crippen LogP contribution in [0.1, 0.15) is 47.0 Å². The molecule has 0 aromatic rings. The van der Waals surface area contributed by atoms with Gasteiger partial charge in [-0.2, -0.15) is 0 Å². The van der Waals surface area contributed by atoms with E-state index in [0.29, 0.717) is 17.8 Å². The third-order valence-corrected chi connectivity index (χ3v) is 3.85. The molecule has 1 aliphatic rings. The van der Waals surface area contributed by atoms with Crippen LogP contribution in [0.5, 0.6) is 0 Å². The van der Waals surface area contributed by atoms with Crippen LogP contribution in [0.4, 0.5) is 0 Å². The second-order valence-corrected chi connectivity index (χ2v) is 5.46. The van der Waals surface area contributed by atoms with Crippen molar-refractivity contribution >= 4 is 5.97 Å². The van der Waals surface area contributed by atoms with Gasteiger partial charge in [-0.25, -0.2) is 0 Å². The van der Waals surface area contributed by atoms with Gasteiger partial charge in [-0.05, 0) is 37.5 Å². The van der Waals surface area contributed by atoms with Crippen LogP contribution in [0.15, 0.2) is 0 Å². The molecule has 1 N–H and O–H groups in total. The Balaban J connectivity index is 2.88. The lowest BCUT2D eigenvalue weighted by Gasteiger charge is -2.43. The summed E-state index contributed by atoms with van der Waals surface area (Å²) in [4.78, 5) is 11.3. The maximum Gasteiger partial charge on any atom is 0.309 e. The molecule has 82 valence electrons.